The second-order valence-corrected chi connectivity index (χ2v) is 3.77. The number of anilines is 1. The SMILES string of the molecule is Nc1ccc(F)c(C(=O)NC2CCOC2)c1. The van der Waals surface area contributed by atoms with E-state index in [2.05, 4.69) is 5.32 Å². The van der Waals surface area contributed by atoms with Gasteiger partial charge in [0.05, 0.1) is 18.2 Å². The molecule has 1 atom stereocenters. The number of nitrogens with one attached hydrogen (secondary N) is 1. The summed E-state index contributed by atoms with van der Waals surface area (Å²) >= 11 is 0. The molecular weight excluding hydrogens is 211 g/mol. The molecule has 16 heavy (non-hydrogen) atoms. The van der Waals surface area contributed by atoms with E-state index in [1.54, 1.807) is 0 Å². The molecule has 5 heteroatoms. The molecule has 1 heterocycles. The van der Waals surface area contributed by atoms with E-state index in [4.69, 9.17) is 10.5 Å². The summed E-state index contributed by atoms with van der Waals surface area (Å²) in [7, 11) is 0. The van der Waals surface area contributed by atoms with Gasteiger partial charge in [0.15, 0.2) is 0 Å². The highest BCUT2D eigenvalue weighted by atomic mass is 19.1. The maximum absolute atomic E-state index is 13.3. The third-order valence-corrected chi connectivity index (χ3v) is 2.50. The van der Waals surface area contributed by atoms with Crippen molar-refractivity contribution in [2.24, 2.45) is 0 Å². The van der Waals surface area contributed by atoms with Crippen LogP contribution in [0.5, 0.6) is 0 Å². The lowest BCUT2D eigenvalue weighted by atomic mass is 10.1. The van der Waals surface area contributed by atoms with Crippen molar-refractivity contribution in [2.75, 3.05) is 18.9 Å². The molecule has 0 aromatic heterocycles. The fourth-order valence-electron chi connectivity index (χ4n) is 1.63. The normalized spacial score (nSPS) is 19.7. The number of carbonyl (C=O) groups excluding carboxylic acids is 1. The number of nitrogen functional groups attached to an aromatic ring is 1. The van der Waals surface area contributed by atoms with E-state index in [-0.39, 0.29) is 11.6 Å². The molecule has 1 saturated heterocycles. The summed E-state index contributed by atoms with van der Waals surface area (Å²) in [6.45, 7) is 1.11. The summed E-state index contributed by atoms with van der Waals surface area (Å²) in [4.78, 5) is 11.7. The van der Waals surface area contributed by atoms with Gasteiger partial charge in [0.25, 0.3) is 5.91 Å². The Morgan fingerprint density at radius 1 is 1.56 bits per heavy atom. The third kappa shape index (κ3) is 2.30. The van der Waals surface area contributed by atoms with Gasteiger partial charge in [-0.25, -0.2) is 4.39 Å². The summed E-state index contributed by atoms with van der Waals surface area (Å²) in [5.74, 6) is -1.01. The maximum Gasteiger partial charge on any atom is 0.254 e. The molecule has 0 aliphatic carbocycles. The molecule has 1 unspecified atom stereocenters. The van der Waals surface area contributed by atoms with Crippen molar-refractivity contribution in [2.45, 2.75) is 12.5 Å². The monoisotopic (exact) mass is 224 g/mol. The van der Waals surface area contributed by atoms with Gasteiger partial charge in [-0.1, -0.05) is 0 Å². The van der Waals surface area contributed by atoms with Crippen LogP contribution in [0.25, 0.3) is 0 Å². The quantitative estimate of drug-likeness (QED) is 0.734. The number of rotatable bonds is 2. The minimum absolute atomic E-state index is 0.0214. The maximum atomic E-state index is 13.3. The van der Waals surface area contributed by atoms with Crippen molar-refractivity contribution in [1.82, 2.24) is 5.32 Å². The Balaban J connectivity index is 2.10. The first-order valence-electron chi connectivity index (χ1n) is 5.10. The van der Waals surface area contributed by atoms with E-state index in [9.17, 15) is 9.18 Å². The Hall–Kier alpha value is -1.62. The molecule has 0 spiro atoms. The fourth-order valence-corrected chi connectivity index (χ4v) is 1.63. The first-order chi connectivity index (χ1) is 7.66. The van der Waals surface area contributed by atoms with Gasteiger partial charge in [0.1, 0.15) is 5.82 Å². The molecule has 1 aromatic carbocycles. The van der Waals surface area contributed by atoms with E-state index in [1.165, 1.54) is 18.2 Å². The summed E-state index contributed by atoms with van der Waals surface area (Å²) < 4.78 is 18.5. The fraction of sp³-hybridized carbons (Fsp3) is 0.364. The Morgan fingerprint density at radius 3 is 3.06 bits per heavy atom. The van der Waals surface area contributed by atoms with Crippen LogP contribution in [0.4, 0.5) is 10.1 Å². The highest BCUT2D eigenvalue weighted by Gasteiger charge is 2.20. The number of nitrogens with two attached hydrogens (primary N) is 1. The topological polar surface area (TPSA) is 64.4 Å². The number of hydrogen-bond donors (Lipinski definition) is 2. The number of benzene rings is 1. The van der Waals surface area contributed by atoms with Gasteiger partial charge < -0.3 is 15.8 Å². The van der Waals surface area contributed by atoms with Crippen LogP contribution in [0.1, 0.15) is 16.8 Å². The average Bonchev–Trinajstić information content (AvgIpc) is 2.74. The molecule has 86 valence electrons. The van der Waals surface area contributed by atoms with Gasteiger partial charge in [-0.05, 0) is 24.6 Å². The number of carbonyl (C=O) groups is 1. The van der Waals surface area contributed by atoms with Gasteiger partial charge in [0.2, 0.25) is 0 Å². The van der Waals surface area contributed by atoms with Crippen molar-refractivity contribution in [3.05, 3.63) is 29.6 Å². The van der Waals surface area contributed by atoms with E-state index >= 15 is 0 Å². The van der Waals surface area contributed by atoms with Crippen molar-refractivity contribution < 1.29 is 13.9 Å². The molecule has 1 aromatic rings. The van der Waals surface area contributed by atoms with Crippen LogP contribution in [-0.4, -0.2) is 25.2 Å². The third-order valence-electron chi connectivity index (χ3n) is 2.50. The summed E-state index contributed by atoms with van der Waals surface area (Å²) in [6.07, 6.45) is 0.760. The Kier molecular flexibility index (Phi) is 3.05. The molecule has 0 radical (unpaired) electrons. The molecule has 0 bridgehead atoms. The van der Waals surface area contributed by atoms with Gasteiger partial charge in [-0.3, -0.25) is 4.79 Å². The largest absolute Gasteiger partial charge is 0.399 e. The highest BCUT2D eigenvalue weighted by molar-refractivity contribution is 5.95. The van der Waals surface area contributed by atoms with E-state index in [0.29, 0.717) is 18.9 Å². The first-order valence-corrected chi connectivity index (χ1v) is 5.10. The van der Waals surface area contributed by atoms with Crippen LogP contribution in [0.15, 0.2) is 18.2 Å². The van der Waals surface area contributed by atoms with Crippen molar-refractivity contribution in [3.63, 3.8) is 0 Å². The predicted octanol–water partition coefficient (Wildman–Crippen LogP) is 0.927. The van der Waals surface area contributed by atoms with E-state index in [1.807, 2.05) is 0 Å². The van der Waals surface area contributed by atoms with Crippen LogP contribution in [0.3, 0.4) is 0 Å². The van der Waals surface area contributed by atoms with Gasteiger partial charge in [-0.15, -0.1) is 0 Å². The van der Waals surface area contributed by atoms with Crippen LogP contribution >= 0.6 is 0 Å². The molecule has 3 N–H and O–H groups in total. The summed E-state index contributed by atoms with van der Waals surface area (Å²) in [5.41, 5.74) is 5.85. The highest BCUT2D eigenvalue weighted by Crippen LogP contribution is 2.13. The average molecular weight is 224 g/mol. The van der Waals surface area contributed by atoms with Gasteiger partial charge in [0, 0.05) is 12.3 Å². The van der Waals surface area contributed by atoms with Crippen molar-refractivity contribution >= 4 is 11.6 Å². The van der Waals surface area contributed by atoms with Crippen LogP contribution in [0, 0.1) is 5.82 Å². The molecule has 1 aliphatic heterocycles. The minimum Gasteiger partial charge on any atom is -0.399 e. The Bertz CT molecular complexity index is 403. The number of halogens is 1. The Labute approximate surface area is 92.6 Å². The summed E-state index contributed by atoms with van der Waals surface area (Å²) in [5, 5.41) is 2.70. The lowest BCUT2D eigenvalue weighted by Crippen LogP contribution is -2.35. The zero-order valence-electron chi connectivity index (χ0n) is 8.70. The van der Waals surface area contributed by atoms with E-state index < -0.39 is 11.7 Å². The zero-order valence-corrected chi connectivity index (χ0v) is 8.70. The standard InChI is InChI=1S/C11H13FN2O2/c12-10-2-1-7(13)5-9(10)11(15)14-8-3-4-16-6-8/h1-2,5,8H,3-4,6,13H2,(H,14,15). The Morgan fingerprint density at radius 2 is 2.38 bits per heavy atom. The zero-order chi connectivity index (χ0) is 11.5. The van der Waals surface area contributed by atoms with Crippen LogP contribution in [0.2, 0.25) is 0 Å². The van der Waals surface area contributed by atoms with E-state index in [0.717, 1.165) is 6.42 Å². The lowest BCUT2D eigenvalue weighted by molar-refractivity contribution is 0.0926. The smallest absolute Gasteiger partial charge is 0.254 e. The molecule has 0 saturated carbocycles. The lowest BCUT2D eigenvalue weighted by Gasteiger charge is -2.11. The van der Waals surface area contributed by atoms with Crippen molar-refractivity contribution in [1.29, 1.82) is 0 Å². The summed E-state index contributed by atoms with van der Waals surface area (Å²) in [6, 6.07) is 3.91. The number of ether oxygens (including phenoxy) is 1. The molecule has 1 amide bonds. The second-order valence-electron chi connectivity index (χ2n) is 3.77. The van der Waals surface area contributed by atoms with Crippen molar-refractivity contribution in [3.8, 4) is 0 Å². The second kappa shape index (κ2) is 4.49. The van der Waals surface area contributed by atoms with Gasteiger partial charge >= 0.3 is 0 Å². The predicted molar refractivity (Wildman–Crippen MR) is 57.5 cm³/mol. The van der Waals surface area contributed by atoms with Gasteiger partial charge in [-0.2, -0.15) is 0 Å². The number of hydrogen-bond acceptors (Lipinski definition) is 3. The van der Waals surface area contributed by atoms with Crippen LogP contribution < -0.4 is 11.1 Å². The molecular formula is C11H13FN2O2. The van der Waals surface area contributed by atoms with Crippen LogP contribution in [-0.2, 0) is 4.74 Å². The number of amides is 1. The molecule has 1 fully saturated rings. The molecule has 4 nitrogen and oxygen atoms in total. The first kappa shape index (κ1) is 10.9. The molecule has 2 rings (SSSR count). The minimum atomic E-state index is -0.564. The molecule has 1 aliphatic rings.